The molecule has 3 nitrogen and oxygen atoms in total. The molecule has 0 unspecified atom stereocenters. The number of hydrogen-bond donors (Lipinski definition) is 1. The van der Waals surface area contributed by atoms with Gasteiger partial charge in [0.15, 0.2) is 0 Å². The maximum atomic E-state index is 4.18. The van der Waals surface area contributed by atoms with E-state index in [-0.39, 0.29) is 5.41 Å². The average molecular weight is 199 g/mol. The van der Waals surface area contributed by atoms with Gasteiger partial charge in [-0.05, 0) is 32.8 Å². The highest BCUT2D eigenvalue weighted by Crippen LogP contribution is 2.14. The minimum absolute atomic E-state index is 0.00637. The van der Waals surface area contributed by atoms with Crippen molar-refractivity contribution in [2.75, 3.05) is 0 Å². The zero-order chi connectivity index (χ0) is 10.9. The van der Waals surface area contributed by atoms with E-state index in [4.69, 9.17) is 0 Å². The van der Waals surface area contributed by atoms with Gasteiger partial charge in [0.1, 0.15) is 17.7 Å². The van der Waals surface area contributed by atoms with E-state index in [1.54, 1.807) is 0 Å². The predicted octanol–water partition coefficient (Wildman–Crippen LogP) is 2.36. The van der Waals surface area contributed by atoms with Crippen molar-refractivity contribution in [3.63, 3.8) is 0 Å². The zero-order valence-electron chi connectivity index (χ0n) is 9.13. The fourth-order valence-electron chi connectivity index (χ4n) is 1.22. The molecule has 2 aromatic heterocycles. The van der Waals surface area contributed by atoms with Crippen LogP contribution >= 0.6 is 0 Å². The second-order valence-electron chi connectivity index (χ2n) is 4.46. The molecule has 0 saturated carbocycles. The molecule has 76 valence electrons. The average Bonchev–Trinajstić information content (AvgIpc) is 2.61. The molecule has 2 rings (SSSR count). The number of aromatic amines is 1. The van der Waals surface area contributed by atoms with E-state index in [1.807, 2.05) is 12.3 Å². The Morgan fingerprint density at radius 1 is 1.27 bits per heavy atom. The molecule has 0 saturated heterocycles. The number of hydrogen-bond acceptors (Lipinski definition) is 2. The third kappa shape index (κ3) is 2.16. The van der Waals surface area contributed by atoms with Gasteiger partial charge in [-0.25, -0.2) is 9.97 Å². The fraction of sp³-hybridized carbons (Fsp3) is 0.333. The first-order valence-electron chi connectivity index (χ1n) is 4.87. The van der Waals surface area contributed by atoms with Gasteiger partial charge in [0.25, 0.3) is 0 Å². The Hall–Kier alpha value is -1.82. The molecule has 3 heteroatoms. The van der Waals surface area contributed by atoms with Crippen LogP contribution in [0.1, 0.15) is 26.5 Å². The van der Waals surface area contributed by atoms with Crippen molar-refractivity contribution >= 4 is 11.0 Å². The molecule has 2 aromatic rings. The third-order valence-electron chi connectivity index (χ3n) is 1.91. The largest absolute Gasteiger partial charge is 0.346 e. The molecule has 0 aliphatic carbocycles. The summed E-state index contributed by atoms with van der Waals surface area (Å²) in [6.45, 7) is 6.24. The van der Waals surface area contributed by atoms with Gasteiger partial charge in [0.2, 0.25) is 0 Å². The first-order chi connectivity index (χ1) is 7.06. The lowest BCUT2D eigenvalue weighted by Crippen LogP contribution is -1.99. The zero-order valence-corrected chi connectivity index (χ0v) is 9.13. The van der Waals surface area contributed by atoms with Gasteiger partial charge in [0, 0.05) is 11.6 Å². The summed E-state index contributed by atoms with van der Waals surface area (Å²) in [6.07, 6.45) is 3.38. The Balaban J connectivity index is 2.51. The monoisotopic (exact) mass is 199 g/mol. The fourth-order valence-corrected chi connectivity index (χ4v) is 1.22. The SMILES string of the molecule is CC(C)(C)C#Cc1ncnc2[nH]ccc12. The molecule has 0 spiro atoms. The summed E-state index contributed by atoms with van der Waals surface area (Å²) in [7, 11) is 0. The van der Waals surface area contributed by atoms with Crippen LogP contribution in [0.25, 0.3) is 11.0 Å². The molecular weight excluding hydrogens is 186 g/mol. The van der Waals surface area contributed by atoms with Crippen LogP contribution in [-0.2, 0) is 0 Å². The molecular formula is C12H13N3. The molecule has 0 aliphatic rings. The molecule has 15 heavy (non-hydrogen) atoms. The number of rotatable bonds is 0. The van der Waals surface area contributed by atoms with Crippen molar-refractivity contribution in [3.8, 4) is 11.8 Å². The summed E-state index contributed by atoms with van der Waals surface area (Å²) in [5, 5.41) is 0.981. The molecule has 1 N–H and O–H groups in total. The highest BCUT2D eigenvalue weighted by atomic mass is 14.9. The van der Waals surface area contributed by atoms with Gasteiger partial charge in [0.05, 0.1) is 5.39 Å². The highest BCUT2D eigenvalue weighted by molar-refractivity contribution is 5.80. The Kier molecular flexibility index (Phi) is 2.20. The van der Waals surface area contributed by atoms with Crippen molar-refractivity contribution in [1.29, 1.82) is 0 Å². The van der Waals surface area contributed by atoms with Gasteiger partial charge in [-0.15, -0.1) is 0 Å². The minimum atomic E-state index is -0.00637. The van der Waals surface area contributed by atoms with Gasteiger partial charge in [-0.2, -0.15) is 0 Å². The third-order valence-corrected chi connectivity index (χ3v) is 1.91. The predicted molar refractivity (Wildman–Crippen MR) is 60.2 cm³/mol. The second kappa shape index (κ2) is 3.39. The Bertz CT molecular complexity index is 535. The molecule has 2 heterocycles. The quantitative estimate of drug-likeness (QED) is 0.662. The first kappa shape index (κ1) is 9.72. The number of nitrogens with zero attached hydrogens (tertiary/aromatic N) is 2. The first-order valence-corrected chi connectivity index (χ1v) is 4.87. The van der Waals surface area contributed by atoms with Crippen LogP contribution in [0, 0.1) is 17.3 Å². The van der Waals surface area contributed by atoms with Crippen molar-refractivity contribution < 1.29 is 0 Å². The van der Waals surface area contributed by atoms with Crippen molar-refractivity contribution in [2.24, 2.45) is 5.41 Å². The summed E-state index contributed by atoms with van der Waals surface area (Å²) in [6, 6.07) is 1.95. The summed E-state index contributed by atoms with van der Waals surface area (Å²) < 4.78 is 0. The Morgan fingerprint density at radius 3 is 2.80 bits per heavy atom. The maximum Gasteiger partial charge on any atom is 0.141 e. The van der Waals surface area contributed by atoms with Crippen LogP contribution in [0.4, 0.5) is 0 Å². The van der Waals surface area contributed by atoms with Crippen LogP contribution in [0.15, 0.2) is 18.6 Å². The van der Waals surface area contributed by atoms with E-state index < -0.39 is 0 Å². The van der Waals surface area contributed by atoms with E-state index in [2.05, 4.69) is 47.6 Å². The van der Waals surface area contributed by atoms with E-state index in [0.717, 1.165) is 16.7 Å². The molecule has 0 bridgehead atoms. The van der Waals surface area contributed by atoms with Gasteiger partial charge < -0.3 is 4.98 Å². The smallest absolute Gasteiger partial charge is 0.141 e. The number of H-pyrrole nitrogens is 1. The van der Waals surface area contributed by atoms with E-state index in [9.17, 15) is 0 Å². The maximum absolute atomic E-state index is 4.18. The Morgan fingerprint density at radius 2 is 2.07 bits per heavy atom. The van der Waals surface area contributed by atoms with Crippen LogP contribution < -0.4 is 0 Å². The normalized spacial score (nSPS) is 11.1. The summed E-state index contributed by atoms with van der Waals surface area (Å²) >= 11 is 0. The molecule has 0 fully saturated rings. The van der Waals surface area contributed by atoms with E-state index >= 15 is 0 Å². The van der Waals surface area contributed by atoms with Crippen LogP contribution in [0.3, 0.4) is 0 Å². The van der Waals surface area contributed by atoms with Gasteiger partial charge in [-0.3, -0.25) is 0 Å². The topological polar surface area (TPSA) is 41.6 Å². The van der Waals surface area contributed by atoms with Crippen molar-refractivity contribution in [1.82, 2.24) is 15.0 Å². The lowest BCUT2D eigenvalue weighted by molar-refractivity contribution is 0.571. The molecule has 0 radical (unpaired) electrons. The summed E-state index contributed by atoms with van der Waals surface area (Å²) in [5.74, 6) is 6.26. The summed E-state index contributed by atoms with van der Waals surface area (Å²) in [4.78, 5) is 11.3. The Labute approximate surface area is 89.0 Å². The lowest BCUT2D eigenvalue weighted by atomic mass is 9.98. The lowest BCUT2D eigenvalue weighted by Gasteiger charge is -2.06. The highest BCUT2D eigenvalue weighted by Gasteiger charge is 2.05. The number of nitrogens with one attached hydrogen (secondary N) is 1. The summed E-state index contributed by atoms with van der Waals surface area (Å²) in [5.41, 5.74) is 1.62. The molecule has 0 aromatic carbocycles. The van der Waals surface area contributed by atoms with Crippen molar-refractivity contribution in [2.45, 2.75) is 20.8 Å². The molecule has 0 atom stereocenters. The standard InChI is InChI=1S/C12H13N3/c1-12(2,3)6-4-10-9-5-7-13-11(9)15-8-14-10/h5,7-8H,1-3H3,(H,13,14,15). The van der Waals surface area contributed by atoms with Gasteiger partial charge >= 0.3 is 0 Å². The van der Waals surface area contributed by atoms with Gasteiger partial charge in [-0.1, -0.05) is 5.92 Å². The van der Waals surface area contributed by atoms with Crippen molar-refractivity contribution in [3.05, 3.63) is 24.3 Å². The number of aromatic nitrogens is 3. The van der Waals surface area contributed by atoms with Crippen LogP contribution in [-0.4, -0.2) is 15.0 Å². The second-order valence-corrected chi connectivity index (χ2v) is 4.46. The van der Waals surface area contributed by atoms with Crippen LogP contribution in [0.5, 0.6) is 0 Å². The number of fused-ring (bicyclic) bond motifs is 1. The minimum Gasteiger partial charge on any atom is -0.346 e. The molecule has 0 amide bonds. The molecule has 0 aliphatic heterocycles. The van der Waals surface area contributed by atoms with E-state index in [1.165, 1.54) is 6.33 Å². The van der Waals surface area contributed by atoms with E-state index in [0.29, 0.717) is 0 Å². The van der Waals surface area contributed by atoms with Crippen LogP contribution in [0.2, 0.25) is 0 Å².